The quantitative estimate of drug-likeness (QED) is 0.651. The number of thioether (sulfide) groups is 1. The number of nitrogens with one attached hydrogen (secondary N) is 1. The molecule has 1 fully saturated rings. The van der Waals surface area contributed by atoms with Crippen LogP contribution >= 0.6 is 11.8 Å². The minimum Gasteiger partial charge on any atom is -0.324 e. The van der Waals surface area contributed by atoms with Gasteiger partial charge in [-0.05, 0) is 17.7 Å². The summed E-state index contributed by atoms with van der Waals surface area (Å²) in [6, 6.07) is 16.9. The molecule has 1 amide bonds. The third-order valence-electron chi connectivity index (χ3n) is 4.68. The van der Waals surface area contributed by atoms with Crippen molar-refractivity contribution < 1.29 is 13.6 Å². The summed E-state index contributed by atoms with van der Waals surface area (Å²) in [5.41, 5.74) is 1.63. The fourth-order valence-corrected chi connectivity index (χ4v) is 3.79. The third kappa shape index (κ3) is 7.27. The number of carbonyl (C=O) groups excluding carboxylic acids is 1. The van der Waals surface area contributed by atoms with Crippen molar-refractivity contribution in [2.24, 2.45) is 0 Å². The van der Waals surface area contributed by atoms with Crippen LogP contribution in [0.1, 0.15) is 5.56 Å². The minimum absolute atomic E-state index is 0.176. The van der Waals surface area contributed by atoms with Gasteiger partial charge in [0.15, 0.2) is 0 Å². The first-order valence-corrected chi connectivity index (χ1v) is 10.5. The second-order valence-corrected chi connectivity index (χ2v) is 7.84. The van der Waals surface area contributed by atoms with Crippen molar-refractivity contribution in [3.05, 3.63) is 66.2 Å². The summed E-state index contributed by atoms with van der Waals surface area (Å²) in [4.78, 5) is 17.2. The summed E-state index contributed by atoms with van der Waals surface area (Å²) in [5.74, 6) is -2.69. The first kappa shape index (κ1) is 21.5. The van der Waals surface area contributed by atoms with Crippen LogP contribution in [-0.4, -0.2) is 60.7 Å². The van der Waals surface area contributed by atoms with E-state index in [1.807, 2.05) is 18.2 Å². The van der Waals surface area contributed by atoms with Gasteiger partial charge in [-0.2, -0.15) is 8.78 Å². The lowest BCUT2D eigenvalue weighted by Crippen LogP contribution is -2.48. The number of halogens is 2. The van der Waals surface area contributed by atoms with Gasteiger partial charge < -0.3 is 5.32 Å². The summed E-state index contributed by atoms with van der Waals surface area (Å²) in [7, 11) is 0. The van der Waals surface area contributed by atoms with E-state index in [1.54, 1.807) is 24.3 Å². The zero-order valence-corrected chi connectivity index (χ0v) is 17.0. The van der Waals surface area contributed by atoms with Gasteiger partial charge in [0.2, 0.25) is 5.91 Å². The van der Waals surface area contributed by atoms with Crippen LogP contribution in [0.2, 0.25) is 0 Å². The van der Waals surface area contributed by atoms with Crippen molar-refractivity contribution >= 4 is 29.4 Å². The lowest BCUT2D eigenvalue weighted by molar-refractivity contribution is -0.117. The van der Waals surface area contributed by atoms with Crippen molar-refractivity contribution in [1.82, 2.24) is 9.80 Å². The van der Waals surface area contributed by atoms with Crippen molar-refractivity contribution in [2.75, 3.05) is 44.6 Å². The molecule has 0 aliphatic carbocycles. The lowest BCUT2D eigenvalue weighted by atomic mass is 10.2. The molecule has 1 heterocycles. The average molecular weight is 418 g/mol. The highest BCUT2D eigenvalue weighted by molar-refractivity contribution is 7.99. The molecule has 0 unspecified atom stereocenters. The first-order valence-electron chi connectivity index (χ1n) is 9.60. The second-order valence-electron chi connectivity index (χ2n) is 6.81. The number of nitrogens with zero attached hydrogens (tertiary/aromatic N) is 2. The Morgan fingerprint density at radius 1 is 1.00 bits per heavy atom. The molecule has 7 heteroatoms. The molecule has 3 rings (SSSR count). The Balaban J connectivity index is 1.41. The van der Waals surface area contributed by atoms with Gasteiger partial charge in [-0.15, -0.1) is 0 Å². The smallest absolute Gasteiger partial charge is 0.288 e. The molecule has 29 heavy (non-hydrogen) atoms. The molecule has 1 N–H and O–H groups in total. The minimum atomic E-state index is -2.52. The fourth-order valence-electron chi connectivity index (χ4n) is 3.19. The number of benzene rings is 2. The van der Waals surface area contributed by atoms with E-state index in [0.29, 0.717) is 22.3 Å². The number of amides is 1. The van der Waals surface area contributed by atoms with Crippen molar-refractivity contribution in [1.29, 1.82) is 0 Å². The highest BCUT2D eigenvalue weighted by Crippen LogP contribution is 2.31. The molecular weight excluding hydrogens is 392 g/mol. The van der Waals surface area contributed by atoms with E-state index in [9.17, 15) is 13.6 Å². The van der Waals surface area contributed by atoms with Crippen LogP contribution in [0.15, 0.2) is 65.6 Å². The Morgan fingerprint density at radius 3 is 2.38 bits per heavy atom. The molecular formula is C22H25F2N3OS. The fraction of sp³-hybridized carbons (Fsp3) is 0.318. The molecule has 0 aromatic heterocycles. The molecule has 1 aliphatic heterocycles. The molecule has 0 atom stereocenters. The van der Waals surface area contributed by atoms with Crippen LogP contribution < -0.4 is 5.32 Å². The van der Waals surface area contributed by atoms with Gasteiger partial charge in [0.25, 0.3) is 5.76 Å². The van der Waals surface area contributed by atoms with Gasteiger partial charge in [-0.25, -0.2) is 0 Å². The SMILES string of the molecule is O=C(CN1CCN(C/C=C/c2ccccc2)CC1)Nc1ccccc1SC(F)F. The summed E-state index contributed by atoms with van der Waals surface area (Å²) in [5, 5.41) is 2.77. The number of para-hydroxylation sites is 1. The second kappa shape index (κ2) is 11.1. The molecule has 4 nitrogen and oxygen atoms in total. The third-order valence-corrected chi connectivity index (χ3v) is 5.47. The number of piperazine rings is 1. The van der Waals surface area contributed by atoms with Gasteiger partial charge in [-0.3, -0.25) is 14.6 Å². The van der Waals surface area contributed by atoms with E-state index in [2.05, 4.69) is 39.4 Å². The lowest BCUT2D eigenvalue weighted by Gasteiger charge is -2.33. The number of alkyl halides is 2. The largest absolute Gasteiger partial charge is 0.324 e. The maximum Gasteiger partial charge on any atom is 0.288 e. The number of rotatable bonds is 8. The zero-order chi connectivity index (χ0) is 20.5. The number of hydrogen-bond acceptors (Lipinski definition) is 4. The van der Waals surface area contributed by atoms with Crippen LogP contribution in [0.3, 0.4) is 0 Å². The molecule has 0 radical (unpaired) electrons. The molecule has 0 bridgehead atoms. The Bertz CT molecular complexity index is 809. The Kier molecular flexibility index (Phi) is 8.22. The molecule has 0 saturated carbocycles. The van der Waals surface area contributed by atoms with E-state index in [0.717, 1.165) is 32.7 Å². The van der Waals surface area contributed by atoms with Crippen LogP contribution in [0.25, 0.3) is 6.08 Å². The molecule has 154 valence electrons. The summed E-state index contributed by atoms with van der Waals surface area (Å²) >= 11 is 0.445. The highest BCUT2D eigenvalue weighted by atomic mass is 32.2. The average Bonchev–Trinajstić information content (AvgIpc) is 2.71. The molecule has 1 aliphatic rings. The van der Waals surface area contributed by atoms with Crippen LogP contribution in [0.5, 0.6) is 0 Å². The Morgan fingerprint density at radius 2 is 1.66 bits per heavy atom. The number of carbonyl (C=O) groups is 1. The maximum atomic E-state index is 12.7. The normalized spacial score (nSPS) is 15.8. The summed E-state index contributed by atoms with van der Waals surface area (Å²) < 4.78 is 25.3. The molecule has 2 aromatic carbocycles. The van der Waals surface area contributed by atoms with Gasteiger partial charge in [0, 0.05) is 37.6 Å². The summed E-state index contributed by atoms with van der Waals surface area (Å²) in [6.45, 7) is 4.54. The standard InChI is InChI=1S/C22H25F2N3OS/c23-22(24)29-20-11-5-4-10-19(20)25-21(28)17-27-15-13-26(14-16-27)12-6-9-18-7-2-1-3-8-18/h1-11,22H,12-17H2,(H,25,28)/b9-6+. The van der Waals surface area contributed by atoms with Crippen molar-refractivity contribution in [3.8, 4) is 0 Å². The van der Waals surface area contributed by atoms with Crippen molar-refractivity contribution in [2.45, 2.75) is 10.7 Å². The van der Waals surface area contributed by atoms with E-state index in [-0.39, 0.29) is 12.5 Å². The highest BCUT2D eigenvalue weighted by Gasteiger charge is 2.19. The first-order chi connectivity index (χ1) is 14.1. The Hall–Kier alpha value is -2.22. The molecule has 0 spiro atoms. The summed E-state index contributed by atoms with van der Waals surface area (Å²) in [6.07, 6.45) is 4.28. The topological polar surface area (TPSA) is 35.6 Å². The van der Waals surface area contributed by atoms with E-state index < -0.39 is 5.76 Å². The molecule has 2 aromatic rings. The van der Waals surface area contributed by atoms with Gasteiger partial charge in [0.1, 0.15) is 0 Å². The van der Waals surface area contributed by atoms with E-state index >= 15 is 0 Å². The monoisotopic (exact) mass is 417 g/mol. The predicted molar refractivity (Wildman–Crippen MR) is 115 cm³/mol. The maximum absolute atomic E-state index is 12.7. The number of anilines is 1. The number of hydrogen-bond donors (Lipinski definition) is 1. The van der Waals surface area contributed by atoms with Gasteiger partial charge >= 0.3 is 0 Å². The van der Waals surface area contributed by atoms with Gasteiger partial charge in [0.05, 0.1) is 12.2 Å². The van der Waals surface area contributed by atoms with Gasteiger partial charge in [-0.1, -0.05) is 66.4 Å². The predicted octanol–water partition coefficient (Wildman–Crippen LogP) is 4.27. The van der Waals surface area contributed by atoms with E-state index in [1.165, 1.54) is 5.56 Å². The zero-order valence-electron chi connectivity index (χ0n) is 16.1. The van der Waals surface area contributed by atoms with E-state index in [4.69, 9.17) is 0 Å². The van der Waals surface area contributed by atoms with Crippen LogP contribution in [0.4, 0.5) is 14.5 Å². The van der Waals surface area contributed by atoms with Crippen molar-refractivity contribution in [3.63, 3.8) is 0 Å². The van der Waals surface area contributed by atoms with Crippen LogP contribution in [-0.2, 0) is 4.79 Å². The molecule has 1 saturated heterocycles. The Labute approximate surface area is 174 Å². The van der Waals surface area contributed by atoms with Crippen LogP contribution in [0, 0.1) is 0 Å².